The van der Waals surface area contributed by atoms with Crippen LogP contribution in [0.15, 0.2) is 0 Å². The summed E-state index contributed by atoms with van der Waals surface area (Å²) in [6.07, 6.45) is 6.71. The Labute approximate surface area is 163 Å². The van der Waals surface area contributed by atoms with E-state index in [1.54, 1.807) is 0 Å². The maximum Gasteiger partial charge on any atom is 0.227 e. The van der Waals surface area contributed by atoms with E-state index in [2.05, 4.69) is 23.6 Å². The first-order chi connectivity index (χ1) is 13.0. The minimum absolute atomic E-state index is 0.00425. The fourth-order valence-corrected chi connectivity index (χ4v) is 5.25. The van der Waals surface area contributed by atoms with Gasteiger partial charge in [-0.05, 0) is 52.4 Å². The van der Waals surface area contributed by atoms with Gasteiger partial charge in [-0.2, -0.15) is 0 Å². The van der Waals surface area contributed by atoms with Gasteiger partial charge in [-0.3, -0.25) is 14.5 Å². The molecule has 0 radical (unpaired) electrons. The van der Waals surface area contributed by atoms with Gasteiger partial charge in [0.1, 0.15) is 0 Å². The first kappa shape index (κ1) is 19.2. The van der Waals surface area contributed by atoms with E-state index in [0.717, 1.165) is 71.2 Å². The van der Waals surface area contributed by atoms with Crippen LogP contribution in [0.2, 0.25) is 0 Å². The van der Waals surface area contributed by atoms with Crippen LogP contribution in [-0.4, -0.2) is 84.0 Å². The van der Waals surface area contributed by atoms with Crippen molar-refractivity contribution in [2.75, 3.05) is 39.3 Å². The second-order valence-electron chi connectivity index (χ2n) is 9.20. The van der Waals surface area contributed by atoms with Gasteiger partial charge in [0.25, 0.3) is 0 Å². The van der Waals surface area contributed by atoms with Crippen LogP contribution >= 0.6 is 0 Å². The third-order valence-corrected chi connectivity index (χ3v) is 6.63. The number of ether oxygens (including phenoxy) is 1. The molecule has 4 fully saturated rings. The highest BCUT2D eigenvalue weighted by atomic mass is 16.5. The zero-order valence-corrected chi connectivity index (χ0v) is 16.9. The minimum atomic E-state index is 0.00425. The molecular formula is C21H35N3O3. The fourth-order valence-electron chi connectivity index (χ4n) is 5.25. The molecule has 152 valence electrons. The van der Waals surface area contributed by atoms with E-state index in [4.69, 9.17) is 4.74 Å². The fraction of sp³-hybridized carbons (Fsp3) is 0.905. The summed E-state index contributed by atoms with van der Waals surface area (Å²) < 4.78 is 5.85. The number of nitrogens with zero attached hydrogens (tertiary/aromatic N) is 3. The van der Waals surface area contributed by atoms with Crippen molar-refractivity contribution < 1.29 is 14.3 Å². The van der Waals surface area contributed by atoms with Gasteiger partial charge in [0.2, 0.25) is 11.8 Å². The third kappa shape index (κ3) is 4.48. The average Bonchev–Trinajstić information content (AvgIpc) is 3.39. The molecule has 4 unspecified atom stereocenters. The molecule has 0 aromatic carbocycles. The molecule has 2 amide bonds. The lowest BCUT2D eigenvalue weighted by Gasteiger charge is -2.39. The highest BCUT2D eigenvalue weighted by molar-refractivity contribution is 5.83. The molecule has 1 aliphatic carbocycles. The van der Waals surface area contributed by atoms with Crippen LogP contribution < -0.4 is 0 Å². The molecule has 6 heteroatoms. The van der Waals surface area contributed by atoms with E-state index in [1.807, 2.05) is 4.90 Å². The monoisotopic (exact) mass is 377 g/mol. The van der Waals surface area contributed by atoms with Crippen molar-refractivity contribution in [2.45, 2.75) is 70.6 Å². The van der Waals surface area contributed by atoms with Gasteiger partial charge in [-0.15, -0.1) is 0 Å². The predicted octanol–water partition coefficient (Wildman–Crippen LogP) is 1.74. The molecule has 1 saturated carbocycles. The summed E-state index contributed by atoms with van der Waals surface area (Å²) in [5.74, 6) is 0.843. The van der Waals surface area contributed by atoms with Gasteiger partial charge in [-0.25, -0.2) is 0 Å². The number of hydrogen-bond donors (Lipinski definition) is 0. The summed E-state index contributed by atoms with van der Waals surface area (Å²) in [6.45, 7) is 9.50. The van der Waals surface area contributed by atoms with Crippen LogP contribution in [0.4, 0.5) is 0 Å². The molecule has 0 aromatic heterocycles. The van der Waals surface area contributed by atoms with Gasteiger partial charge in [0, 0.05) is 51.2 Å². The van der Waals surface area contributed by atoms with E-state index in [0.29, 0.717) is 24.4 Å². The van der Waals surface area contributed by atoms with Crippen molar-refractivity contribution in [1.29, 1.82) is 0 Å². The summed E-state index contributed by atoms with van der Waals surface area (Å²) in [6, 6.07) is 0.324. The number of hydrogen-bond acceptors (Lipinski definition) is 4. The Bertz CT molecular complexity index is 555. The second-order valence-corrected chi connectivity index (χ2v) is 9.20. The molecular weight excluding hydrogens is 342 g/mol. The maximum absolute atomic E-state index is 13.3. The first-order valence-corrected chi connectivity index (χ1v) is 11.0. The molecule has 0 spiro atoms. The summed E-state index contributed by atoms with van der Waals surface area (Å²) >= 11 is 0. The predicted molar refractivity (Wildman–Crippen MR) is 103 cm³/mol. The standard InChI is InChI=1S/C21H35N3O3/c1-15-11-22(12-16(2)27-15)14-19-6-4-10-24(19)21(26)18-5-3-9-23(13-18)20(25)17-7-8-17/h15-19H,3-14H2,1-2H3. The highest BCUT2D eigenvalue weighted by Gasteiger charge is 2.40. The van der Waals surface area contributed by atoms with Crippen molar-refractivity contribution in [3.8, 4) is 0 Å². The van der Waals surface area contributed by atoms with Gasteiger partial charge in [0.05, 0.1) is 18.1 Å². The summed E-state index contributed by atoms with van der Waals surface area (Å²) in [5.41, 5.74) is 0. The topological polar surface area (TPSA) is 53.1 Å². The van der Waals surface area contributed by atoms with Crippen LogP contribution in [0.5, 0.6) is 0 Å². The number of carbonyl (C=O) groups excluding carboxylic acids is 2. The van der Waals surface area contributed by atoms with Gasteiger partial charge in [0.15, 0.2) is 0 Å². The molecule has 0 N–H and O–H groups in total. The summed E-state index contributed by atoms with van der Waals surface area (Å²) in [4.78, 5) is 32.3. The van der Waals surface area contributed by atoms with Crippen molar-refractivity contribution in [3.63, 3.8) is 0 Å². The highest BCUT2D eigenvalue weighted by Crippen LogP contribution is 2.33. The Kier molecular flexibility index (Phi) is 5.74. The van der Waals surface area contributed by atoms with E-state index >= 15 is 0 Å². The smallest absolute Gasteiger partial charge is 0.227 e. The molecule has 3 aliphatic heterocycles. The number of rotatable bonds is 4. The van der Waals surface area contributed by atoms with Crippen molar-refractivity contribution in [1.82, 2.24) is 14.7 Å². The van der Waals surface area contributed by atoms with Crippen molar-refractivity contribution >= 4 is 11.8 Å². The normalized spacial score (nSPS) is 35.5. The van der Waals surface area contributed by atoms with Gasteiger partial charge >= 0.3 is 0 Å². The van der Waals surface area contributed by atoms with E-state index < -0.39 is 0 Å². The Morgan fingerprint density at radius 2 is 1.56 bits per heavy atom. The Balaban J connectivity index is 1.34. The Hall–Kier alpha value is -1.14. The third-order valence-electron chi connectivity index (χ3n) is 6.63. The van der Waals surface area contributed by atoms with E-state index in [1.165, 1.54) is 0 Å². The average molecular weight is 378 g/mol. The van der Waals surface area contributed by atoms with Gasteiger partial charge in [-0.1, -0.05) is 0 Å². The number of piperidine rings is 1. The molecule has 3 heterocycles. The largest absolute Gasteiger partial charge is 0.373 e. The van der Waals surface area contributed by atoms with Crippen LogP contribution in [0.1, 0.15) is 52.4 Å². The molecule has 3 saturated heterocycles. The molecule has 0 aromatic rings. The molecule has 4 rings (SSSR count). The summed E-state index contributed by atoms with van der Waals surface area (Å²) in [5, 5.41) is 0. The minimum Gasteiger partial charge on any atom is -0.373 e. The number of amides is 2. The summed E-state index contributed by atoms with van der Waals surface area (Å²) in [7, 11) is 0. The molecule has 6 nitrogen and oxygen atoms in total. The van der Waals surface area contributed by atoms with E-state index in [9.17, 15) is 9.59 Å². The molecule has 4 aliphatic rings. The number of morpholine rings is 1. The first-order valence-electron chi connectivity index (χ1n) is 11.0. The lowest BCUT2D eigenvalue weighted by atomic mass is 9.95. The van der Waals surface area contributed by atoms with Crippen LogP contribution in [0, 0.1) is 11.8 Å². The van der Waals surface area contributed by atoms with Gasteiger partial charge < -0.3 is 14.5 Å². The van der Waals surface area contributed by atoms with Crippen molar-refractivity contribution in [3.05, 3.63) is 0 Å². The zero-order chi connectivity index (χ0) is 19.0. The van der Waals surface area contributed by atoms with E-state index in [-0.39, 0.29) is 24.0 Å². The number of carbonyl (C=O) groups is 2. The Morgan fingerprint density at radius 3 is 2.26 bits per heavy atom. The molecule has 0 bridgehead atoms. The zero-order valence-electron chi connectivity index (χ0n) is 16.9. The van der Waals surface area contributed by atoms with Crippen LogP contribution in [0.3, 0.4) is 0 Å². The molecule has 4 atom stereocenters. The SMILES string of the molecule is CC1CN(CC2CCCN2C(=O)C2CCCN(C(=O)C3CC3)C2)CC(C)O1. The lowest BCUT2D eigenvalue weighted by Crippen LogP contribution is -2.53. The maximum atomic E-state index is 13.3. The van der Waals surface area contributed by atoms with Crippen molar-refractivity contribution in [2.24, 2.45) is 11.8 Å². The Morgan fingerprint density at radius 1 is 0.852 bits per heavy atom. The second kappa shape index (κ2) is 8.08. The lowest BCUT2D eigenvalue weighted by molar-refractivity contribution is -0.142. The molecule has 27 heavy (non-hydrogen) atoms. The van der Waals surface area contributed by atoms with Crippen LogP contribution in [-0.2, 0) is 14.3 Å². The quantitative estimate of drug-likeness (QED) is 0.749. The van der Waals surface area contributed by atoms with Crippen LogP contribution in [0.25, 0.3) is 0 Å². The number of likely N-dealkylation sites (tertiary alicyclic amines) is 2.